The van der Waals surface area contributed by atoms with Gasteiger partial charge in [-0.3, -0.25) is 9.08 Å². The Morgan fingerprint density at radius 2 is 1.94 bits per heavy atom. The van der Waals surface area contributed by atoms with Crippen LogP contribution in [0.25, 0.3) is 10.9 Å². The Bertz CT molecular complexity index is 1300. The lowest BCUT2D eigenvalue weighted by molar-refractivity contribution is -0.0732. The van der Waals surface area contributed by atoms with Crippen molar-refractivity contribution in [2.45, 2.75) is 55.9 Å². The molecule has 1 saturated carbocycles. The van der Waals surface area contributed by atoms with Crippen LogP contribution in [0.4, 0.5) is 0 Å². The quantitative estimate of drug-likeness (QED) is 0.551. The molecule has 3 aromatic rings. The number of rotatable bonds is 5. The van der Waals surface area contributed by atoms with E-state index in [9.17, 15) is 8.42 Å². The van der Waals surface area contributed by atoms with Gasteiger partial charge < -0.3 is 4.98 Å². The second kappa shape index (κ2) is 7.69. The third-order valence-electron chi connectivity index (χ3n) is 8.45. The highest BCUT2D eigenvalue weighted by Gasteiger charge is 2.58. The van der Waals surface area contributed by atoms with Crippen molar-refractivity contribution in [3.63, 3.8) is 0 Å². The number of aromatic amines is 1. The van der Waals surface area contributed by atoms with Crippen LogP contribution in [0.1, 0.15) is 43.0 Å². The highest BCUT2D eigenvalue weighted by Crippen LogP contribution is 2.55. The van der Waals surface area contributed by atoms with E-state index in [0.717, 1.165) is 43.4 Å². The van der Waals surface area contributed by atoms with Gasteiger partial charge >= 0.3 is 0 Å². The molecule has 6 heteroatoms. The first-order chi connectivity index (χ1) is 15.9. The lowest BCUT2D eigenvalue weighted by Crippen LogP contribution is -2.66. The number of hydrogen-bond acceptors (Lipinski definition) is 4. The molecule has 3 aliphatic heterocycles. The fourth-order valence-electron chi connectivity index (χ4n) is 7.14. The Morgan fingerprint density at radius 3 is 2.73 bits per heavy atom. The van der Waals surface area contributed by atoms with E-state index in [1.807, 2.05) is 19.1 Å². The molecule has 7 rings (SSSR count). The van der Waals surface area contributed by atoms with Crippen LogP contribution in [0.3, 0.4) is 0 Å². The zero-order valence-corrected chi connectivity index (χ0v) is 20.2. The number of piperidine rings is 2. The van der Waals surface area contributed by atoms with E-state index < -0.39 is 10.1 Å². The lowest BCUT2D eigenvalue weighted by Gasteiger charge is -2.59. The molecule has 4 aliphatic rings. The van der Waals surface area contributed by atoms with Crippen LogP contribution in [-0.2, 0) is 26.1 Å². The minimum Gasteiger partial charge on any atom is -0.358 e. The van der Waals surface area contributed by atoms with Crippen molar-refractivity contribution >= 4 is 21.0 Å². The third kappa shape index (κ3) is 3.29. The highest BCUT2D eigenvalue weighted by molar-refractivity contribution is 7.86. The van der Waals surface area contributed by atoms with Crippen molar-refractivity contribution in [1.29, 1.82) is 0 Å². The molecule has 1 N–H and O–H groups in total. The number of aryl methyl sites for hydroxylation is 1. The summed E-state index contributed by atoms with van der Waals surface area (Å²) in [5.74, 6) is 1.13. The molecule has 1 aliphatic carbocycles. The van der Waals surface area contributed by atoms with Crippen LogP contribution in [0.15, 0.2) is 53.4 Å². The SMILES string of the molecule is CCC1CC2CN3CCc4c([nH]c5ccccc45)C(COS(=O)(=O)c4ccc(C)cc4)(C2)[C@H]13. The molecule has 4 heterocycles. The van der Waals surface area contributed by atoms with E-state index in [-0.39, 0.29) is 16.9 Å². The van der Waals surface area contributed by atoms with Crippen LogP contribution in [0.5, 0.6) is 0 Å². The summed E-state index contributed by atoms with van der Waals surface area (Å²) in [5, 5.41) is 1.27. The molecule has 4 bridgehead atoms. The molecular weight excluding hydrogens is 432 g/mol. The minimum atomic E-state index is -3.84. The van der Waals surface area contributed by atoms with Crippen LogP contribution < -0.4 is 0 Å². The molecular formula is C27H32N2O3S. The summed E-state index contributed by atoms with van der Waals surface area (Å²) in [6.45, 7) is 6.58. The Morgan fingerprint density at radius 1 is 1.15 bits per heavy atom. The van der Waals surface area contributed by atoms with Gasteiger partial charge in [0.2, 0.25) is 0 Å². The summed E-state index contributed by atoms with van der Waals surface area (Å²) in [5.41, 5.74) is 4.41. The summed E-state index contributed by atoms with van der Waals surface area (Å²) in [7, 11) is -3.84. The van der Waals surface area contributed by atoms with Crippen LogP contribution >= 0.6 is 0 Å². The predicted octanol–water partition coefficient (Wildman–Crippen LogP) is 4.80. The molecule has 174 valence electrons. The van der Waals surface area contributed by atoms with E-state index in [1.165, 1.54) is 23.1 Å². The first-order valence-corrected chi connectivity index (χ1v) is 13.6. The van der Waals surface area contributed by atoms with E-state index in [0.29, 0.717) is 17.9 Å². The van der Waals surface area contributed by atoms with Gasteiger partial charge in [-0.15, -0.1) is 0 Å². The summed E-state index contributed by atoms with van der Waals surface area (Å²) >= 11 is 0. The van der Waals surface area contributed by atoms with Gasteiger partial charge in [-0.05, 0) is 61.8 Å². The Hall–Kier alpha value is -2.15. The maximum atomic E-state index is 13.2. The molecule has 5 nitrogen and oxygen atoms in total. The molecule has 0 radical (unpaired) electrons. The molecule has 0 spiro atoms. The smallest absolute Gasteiger partial charge is 0.297 e. The second-order valence-electron chi connectivity index (χ2n) is 10.4. The van der Waals surface area contributed by atoms with Crippen molar-refractivity contribution in [2.24, 2.45) is 11.8 Å². The molecule has 3 fully saturated rings. The van der Waals surface area contributed by atoms with Gasteiger partial charge in [0.05, 0.1) is 16.9 Å². The molecule has 1 aromatic heterocycles. The van der Waals surface area contributed by atoms with Crippen molar-refractivity contribution in [3.8, 4) is 0 Å². The fraction of sp³-hybridized carbons (Fsp3) is 0.481. The van der Waals surface area contributed by atoms with Crippen molar-refractivity contribution in [3.05, 3.63) is 65.4 Å². The fourth-order valence-corrected chi connectivity index (χ4v) is 8.11. The molecule has 4 unspecified atom stereocenters. The summed E-state index contributed by atoms with van der Waals surface area (Å²) in [4.78, 5) is 6.65. The molecule has 2 aromatic carbocycles. The van der Waals surface area contributed by atoms with Crippen molar-refractivity contribution < 1.29 is 12.6 Å². The number of aromatic nitrogens is 1. The van der Waals surface area contributed by atoms with Gasteiger partial charge in [-0.1, -0.05) is 49.2 Å². The van der Waals surface area contributed by atoms with Crippen LogP contribution in [0.2, 0.25) is 0 Å². The number of nitrogens with zero attached hydrogens (tertiary/aromatic N) is 1. The average Bonchev–Trinajstić information content (AvgIpc) is 3.17. The van der Waals surface area contributed by atoms with E-state index in [1.54, 1.807) is 12.1 Å². The van der Waals surface area contributed by atoms with E-state index >= 15 is 0 Å². The van der Waals surface area contributed by atoms with Crippen molar-refractivity contribution in [2.75, 3.05) is 19.7 Å². The van der Waals surface area contributed by atoms with Crippen molar-refractivity contribution in [1.82, 2.24) is 9.88 Å². The number of H-pyrrole nitrogens is 1. The Balaban J connectivity index is 1.47. The number of hydrogen-bond donors (Lipinski definition) is 1. The minimum absolute atomic E-state index is 0.192. The highest BCUT2D eigenvalue weighted by atomic mass is 32.2. The zero-order chi connectivity index (χ0) is 22.8. The monoisotopic (exact) mass is 464 g/mol. The standard InChI is InChI=1S/C27H32N2O3S/c1-3-20-14-19-15-27(17-32-33(30,31)21-10-8-18(2)9-11-21)25-23(12-13-29(16-19)26(20)27)22-6-4-5-7-24(22)28-25/h4-11,19-20,26,28H,3,12-17H2,1-2H3/t19?,20?,26-,27?/m0/s1. The van der Waals surface area contributed by atoms with E-state index in [2.05, 4.69) is 41.1 Å². The number of benzene rings is 2. The zero-order valence-electron chi connectivity index (χ0n) is 19.4. The van der Waals surface area contributed by atoms with Gasteiger partial charge in [0, 0.05) is 35.7 Å². The molecule has 0 amide bonds. The molecule has 33 heavy (non-hydrogen) atoms. The van der Waals surface area contributed by atoms with Gasteiger partial charge in [-0.25, -0.2) is 0 Å². The van der Waals surface area contributed by atoms with Gasteiger partial charge in [0.1, 0.15) is 0 Å². The maximum absolute atomic E-state index is 13.2. The van der Waals surface area contributed by atoms with E-state index in [4.69, 9.17) is 4.18 Å². The molecule has 2 saturated heterocycles. The summed E-state index contributed by atoms with van der Waals surface area (Å²) < 4.78 is 32.4. The number of nitrogens with one attached hydrogen (secondary N) is 1. The van der Waals surface area contributed by atoms with Gasteiger partial charge in [0.15, 0.2) is 0 Å². The number of fused-ring (bicyclic) bond motifs is 4. The molecule has 5 atom stereocenters. The van der Waals surface area contributed by atoms with Gasteiger partial charge in [-0.2, -0.15) is 8.42 Å². The topological polar surface area (TPSA) is 62.4 Å². The van der Waals surface area contributed by atoms with Crippen LogP contribution in [-0.4, -0.2) is 44.0 Å². The second-order valence-corrected chi connectivity index (χ2v) is 12.0. The lowest BCUT2D eigenvalue weighted by atomic mass is 9.57. The first-order valence-electron chi connectivity index (χ1n) is 12.2. The Kier molecular flexibility index (Phi) is 4.98. The first kappa shape index (κ1) is 21.4. The largest absolute Gasteiger partial charge is 0.358 e. The maximum Gasteiger partial charge on any atom is 0.297 e. The Labute approximate surface area is 196 Å². The predicted molar refractivity (Wildman–Crippen MR) is 130 cm³/mol. The normalized spacial score (nSPS) is 30.8. The number of para-hydroxylation sites is 1. The average molecular weight is 465 g/mol. The third-order valence-corrected chi connectivity index (χ3v) is 9.73. The summed E-state index contributed by atoms with van der Waals surface area (Å²) in [6.07, 6.45) is 4.32. The van der Waals surface area contributed by atoms with Crippen LogP contribution in [0, 0.1) is 18.8 Å². The summed E-state index contributed by atoms with van der Waals surface area (Å²) in [6, 6.07) is 15.8. The van der Waals surface area contributed by atoms with Gasteiger partial charge in [0.25, 0.3) is 10.1 Å².